The lowest BCUT2D eigenvalue weighted by Crippen LogP contribution is -2.16. The minimum atomic E-state index is -0.0840. The number of furan rings is 1. The Hall–Kier alpha value is -3.52. The summed E-state index contributed by atoms with van der Waals surface area (Å²) in [5.41, 5.74) is 2.91. The third-order valence-electron chi connectivity index (χ3n) is 5.67. The van der Waals surface area contributed by atoms with E-state index in [1.807, 2.05) is 59.2 Å². The molecule has 2 aromatic heterocycles. The summed E-state index contributed by atoms with van der Waals surface area (Å²) in [4.78, 5) is 12.8. The van der Waals surface area contributed by atoms with E-state index in [4.69, 9.17) is 9.15 Å². The van der Waals surface area contributed by atoms with Crippen LogP contribution in [0, 0.1) is 0 Å². The smallest absolute Gasteiger partial charge is 0.234 e. The first-order valence-electron chi connectivity index (χ1n) is 11.2. The first kappa shape index (κ1) is 23.6. The second-order valence-corrected chi connectivity index (χ2v) is 8.88. The van der Waals surface area contributed by atoms with Gasteiger partial charge in [0.25, 0.3) is 0 Å². The van der Waals surface area contributed by atoms with Gasteiger partial charge in [-0.25, -0.2) is 0 Å². The fourth-order valence-corrected chi connectivity index (χ4v) is 4.36. The van der Waals surface area contributed by atoms with Gasteiger partial charge in [0.15, 0.2) is 11.0 Å². The molecule has 2 heterocycles. The molecule has 34 heavy (non-hydrogen) atoms. The van der Waals surface area contributed by atoms with Gasteiger partial charge in [-0.1, -0.05) is 43.8 Å². The standard InChI is InChI=1S/C26H28N4O3S/c1-4-18(2)22-9-5-6-10-23(22)27-24(31)17-34-26-29-28-25(19-11-13-20(32-3)14-12-19)30(26)16-21-8-7-15-33-21/h5-15,18H,4,16-17H2,1-3H3,(H,27,31)/t18-/m0/s1. The molecule has 1 N–H and O–H groups in total. The van der Waals surface area contributed by atoms with Crippen molar-refractivity contribution >= 4 is 23.4 Å². The van der Waals surface area contributed by atoms with Crippen LogP contribution in [0.25, 0.3) is 11.4 Å². The number of thioether (sulfide) groups is 1. The molecular weight excluding hydrogens is 448 g/mol. The lowest BCUT2D eigenvalue weighted by atomic mass is 9.97. The number of hydrogen-bond acceptors (Lipinski definition) is 6. The topological polar surface area (TPSA) is 82.2 Å². The van der Waals surface area contributed by atoms with E-state index >= 15 is 0 Å². The van der Waals surface area contributed by atoms with E-state index < -0.39 is 0 Å². The van der Waals surface area contributed by atoms with Gasteiger partial charge < -0.3 is 14.5 Å². The minimum absolute atomic E-state index is 0.0840. The molecule has 7 nitrogen and oxygen atoms in total. The maximum absolute atomic E-state index is 12.8. The molecule has 176 valence electrons. The molecule has 4 rings (SSSR count). The van der Waals surface area contributed by atoms with Crippen molar-refractivity contribution in [3.05, 3.63) is 78.3 Å². The van der Waals surface area contributed by atoms with E-state index in [-0.39, 0.29) is 11.7 Å². The van der Waals surface area contributed by atoms with Crippen LogP contribution in [0.5, 0.6) is 5.75 Å². The number of rotatable bonds is 10. The number of nitrogens with zero attached hydrogens (tertiary/aromatic N) is 3. The predicted octanol–water partition coefficient (Wildman–Crippen LogP) is 5.84. The molecule has 0 aliphatic rings. The van der Waals surface area contributed by atoms with Gasteiger partial charge in [0.05, 0.1) is 25.7 Å². The minimum Gasteiger partial charge on any atom is -0.497 e. The van der Waals surface area contributed by atoms with E-state index in [0.717, 1.165) is 34.7 Å². The molecule has 1 amide bonds. The summed E-state index contributed by atoms with van der Waals surface area (Å²) in [6.07, 6.45) is 2.65. The number of methoxy groups -OCH3 is 1. The molecule has 0 fully saturated rings. The van der Waals surface area contributed by atoms with Crippen molar-refractivity contribution in [1.29, 1.82) is 0 Å². The molecule has 0 aliphatic heterocycles. The number of anilines is 1. The van der Waals surface area contributed by atoms with Crippen molar-refractivity contribution < 1.29 is 13.9 Å². The zero-order valence-corrected chi connectivity index (χ0v) is 20.3. The van der Waals surface area contributed by atoms with Crippen LogP contribution in [0.2, 0.25) is 0 Å². The summed E-state index contributed by atoms with van der Waals surface area (Å²) in [5.74, 6) is 2.75. The monoisotopic (exact) mass is 476 g/mol. The molecular formula is C26H28N4O3S. The third kappa shape index (κ3) is 5.51. The largest absolute Gasteiger partial charge is 0.497 e. The van der Waals surface area contributed by atoms with Crippen LogP contribution in [0.4, 0.5) is 5.69 Å². The average Bonchev–Trinajstić information content (AvgIpc) is 3.53. The zero-order chi connectivity index (χ0) is 23.9. The van der Waals surface area contributed by atoms with Crippen molar-refractivity contribution in [2.45, 2.75) is 37.9 Å². The summed E-state index contributed by atoms with van der Waals surface area (Å²) in [6.45, 7) is 4.77. The number of benzene rings is 2. The van der Waals surface area contributed by atoms with Gasteiger partial charge in [0.1, 0.15) is 11.5 Å². The van der Waals surface area contributed by atoms with E-state index in [1.54, 1.807) is 13.4 Å². The Labute approximate surface area is 203 Å². The number of aromatic nitrogens is 3. The van der Waals surface area contributed by atoms with E-state index in [2.05, 4.69) is 35.4 Å². The van der Waals surface area contributed by atoms with Crippen molar-refractivity contribution in [2.24, 2.45) is 0 Å². The van der Waals surface area contributed by atoms with Gasteiger partial charge in [0.2, 0.25) is 5.91 Å². The highest BCUT2D eigenvalue weighted by Crippen LogP contribution is 2.29. The number of para-hydroxylation sites is 1. The molecule has 0 radical (unpaired) electrons. The second kappa shape index (κ2) is 11.1. The van der Waals surface area contributed by atoms with Gasteiger partial charge >= 0.3 is 0 Å². The Bertz CT molecular complexity index is 1220. The highest BCUT2D eigenvalue weighted by Gasteiger charge is 2.18. The fourth-order valence-electron chi connectivity index (χ4n) is 3.63. The number of amides is 1. The van der Waals surface area contributed by atoms with E-state index in [9.17, 15) is 4.79 Å². The Morgan fingerprint density at radius 1 is 1.12 bits per heavy atom. The van der Waals surface area contributed by atoms with Crippen LogP contribution in [-0.2, 0) is 11.3 Å². The number of carbonyl (C=O) groups is 1. The quantitative estimate of drug-likeness (QED) is 0.290. The van der Waals surface area contributed by atoms with Gasteiger partial charge in [-0.15, -0.1) is 10.2 Å². The number of ether oxygens (including phenoxy) is 1. The van der Waals surface area contributed by atoms with Crippen LogP contribution >= 0.6 is 11.8 Å². The van der Waals surface area contributed by atoms with Gasteiger partial charge in [0, 0.05) is 11.3 Å². The van der Waals surface area contributed by atoms with Crippen LogP contribution in [0.15, 0.2) is 76.5 Å². The molecule has 0 unspecified atom stereocenters. The summed E-state index contributed by atoms with van der Waals surface area (Å²) in [5, 5.41) is 12.5. The molecule has 8 heteroatoms. The SMILES string of the molecule is CC[C@H](C)c1ccccc1NC(=O)CSc1nnc(-c2ccc(OC)cc2)n1Cc1ccco1. The molecule has 2 aromatic carbocycles. The zero-order valence-electron chi connectivity index (χ0n) is 19.5. The van der Waals surface area contributed by atoms with Crippen molar-refractivity contribution in [1.82, 2.24) is 14.8 Å². The number of nitrogens with one attached hydrogen (secondary N) is 1. The van der Waals surface area contributed by atoms with E-state index in [0.29, 0.717) is 23.4 Å². The maximum Gasteiger partial charge on any atom is 0.234 e. The highest BCUT2D eigenvalue weighted by molar-refractivity contribution is 7.99. The van der Waals surface area contributed by atoms with Crippen molar-refractivity contribution in [3.8, 4) is 17.1 Å². The Morgan fingerprint density at radius 2 is 1.91 bits per heavy atom. The Balaban J connectivity index is 1.52. The molecule has 0 spiro atoms. The van der Waals surface area contributed by atoms with Gasteiger partial charge in [-0.2, -0.15) is 0 Å². The lowest BCUT2D eigenvalue weighted by Gasteiger charge is -2.15. The van der Waals surface area contributed by atoms with Crippen LogP contribution in [0.1, 0.15) is 37.5 Å². The highest BCUT2D eigenvalue weighted by atomic mass is 32.2. The van der Waals surface area contributed by atoms with Crippen LogP contribution in [-0.4, -0.2) is 33.5 Å². The maximum atomic E-state index is 12.8. The normalized spacial score (nSPS) is 11.9. The van der Waals surface area contributed by atoms with Crippen LogP contribution < -0.4 is 10.1 Å². The van der Waals surface area contributed by atoms with Crippen molar-refractivity contribution in [2.75, 3.05) is 18.2 Å². The van der Waals surface area contributed by atoms with Gasteiger partial charge in [-0.05, 0) is 60.4 Å². The molecule has 1 atom stereocenters. The molecule has 0 saturated carbocycles. The fraction of sp³-hybridized carbons (Fsp3) is 0.269. The van der Waals surface area contributed by atoms with Crippen molar-refractivity contribution in [3.63, 3.8) is 0 Å². The van der Waals surface area contributed by atoms with Crippen LogP contribution in [0.3, 0.4) is 0 Å². The second-order valence-electron chi connectivity index (χ2n) is 7.93. The number of hydrogen-bond donors (Lipinski definition) is 1. The molecule has 0 saturated heterocycles. The predicted molar refractivity (Wildman–Crippen MR) is 134 cm³/mol. The average molecular weight is 477 g/mol. The lowest BCUT2D eigenvalue weighted by molar-refractivity contribution is -0.113. The Kier molecular flexibility index (Phi) is 7.69. The summed E-state index contributed by atoms with van der Waals surface area (Å²) >= 11 is 1.35. The molecule has 0 bridgehead atoms. The van der Waals surface area contributed by atoms with Gasteiger partial charge in [-0.3, -0.25) is 9.36 Å². The summed E-state index contributed by atoms with van der Waals surface area (Å²) in [6, 6.07) is 19.4. The van der Waals surface area contributed by atoms with E-state index in [1.165, 1.54) is 11.8 Å². The Morgan fingerprint density at radius 3 is 2.62 bits per heavy atom. The third-order valence-corrected chi connectivity index (χ3v) is 6.64. The molecule has 0 aliphatic carbocycles. The first-order valence-corrected chi connectivity index (χ1v) is 12.2. The first-order chi connectivity index (χ1) is 16.6. The summed E-state index contributed by atoms with van der Waals surface area (Å²) < 4.78 is 12.8. The number of carbonyl (C=O) groups excluding carboxylic acids is 1. The summed E-state index contributed by atoms with van der Waals surface area (Å²) in [7, 11) is 1.63. The molecule has 4 aromatic rings.